The summed E-state index contributed by atoms with van der Waals surface area (Å²) in [5, 5.41) is 4.93. The number of hydrogen-bond acceptors (Lipinski definition) is 6. The number of benzene rings is 1. The molecule has 0 aromatic heterocycles. The number of nitrogens with one attached hydrogen (secondary N) is 4. The number of thiocarbonyl (C=S) groups is 1. The minimum absolute atomic E-state index is 0.0148. The second-order valence-corrected chi connectivity index (χ2v) is 6.40. The van der Waals surface area contributed by atoms with Crippen LogP contribution in [0.1, 0.15) is 36.8 Å². The highest BCUT2D eigenvalue weighted by atomic mass is 32.1. The molecule has 152 valence electrons. The highest BCUT2D eigenvalue weighted by Crippen LogP contribution is 2.16. The number of ether oxygens (including phenoxy) is 1. The zero-order chi connectivity index (χ0) is 21.1. The van der Waals surface area contributed by atoms with E-state index in [2.05, 4.69) is 26.2 Å². The Bertz CT molecular complexity index is 766. The molecule has 4 N–H and O–H groups in total. The average Bonchev–Trinajstić information content (AvgIpc) is 2.65. The molecule has 1 aromatic rings. The van der Waals surface area contributed by atoms with Gasteiger partial charge < -0.3 is 15.4 Å². The van der Waals surface area contributed by atoms with Gasteiger partial charge in [-0.3, -0.25) is 30.0 Å². The van der Waals surface area contributed by atoms with Crippen LogP contribution >= 0.6 is 12.2 Å². The van der Waals surface area contributed by atoms with Gasteiger partial charge in [0.25, 0.3) is 0 Å². The van der Waals surface area contributed by atoms with Crippen molar-refractivity contribution in [3.8, 4) is 0 Å². The van der Waals surface area contributed by atoms with Crippen molar-refractivity contribution in [2.75, 3.05) is 12.4 Å². The molecule has 1 rings (SSSR count). The first-order valence-corrected chi connectivity index (χ1v) is 8.94. The number of anilines is 1. The molecule has 0 bridgehead atoms. The van der Waals surface area contributed by atoms with E-state index in [1.54, 1.807) is 0 Å². The zero-order valence-electron chi connectivity index (χ0n) is 16.0. The fraction of sp³-hybridized carbons (Fsp3) is 0.389. The maximum absolute atomic E-state index is 12.0. The summed E-state index contributed by atoms with van der Waals surface area (Å²) in [5.74, 6) is -1.77. The molecule has 0 atom stereocenters. The number of carbonyl (C=O) groups is 4. The van der Waals surface area contributed by atoms with Crippen molar-refractivity contribution in [2.45, 2.75) is 39.5 Å². The predicted octanol–water partition coefficient (Wildman–Crippen LogP) is 0.997. The fourth-order valence-corrected chi connectivity index (χ4v) is 2.29. The third-order valence-electron chi connectivity index (χ3n) is 3.59. The van der Waals surface area contributed by atoms with Crippen LogP contribution in [-0.4, -0.2) is 35.9 Å². The molecule has 1 aromatic carbocycles. The molecule has 0 aliphatic carbocycles. The van der Waals surface area contributed by atoms with Crippen LogP contribution < -0.4 is 21.5 Å². The van der Waals surface area contributed by atoms with E-state index < -0.39 is 17.8 Å². The number of amides is 3. The minimum atomic E-state index is -0.513. The third-order valence-corrected chi connectivity index (χ3v) is 3.79. The molecule has 0 saturated heterocycles. The standard InChI is InChI=1S/C18H24N4O5S/c1-11-4-5-13(12(2)10-11)19-14(23)6-7-16(25)21-22-18(28)20-15(24)8-9-17(26)27-3/h4-5,10H,6-9H2,1-3H3,(H,19,23)(H,21,25)(H2,20,22,24,28). The Morgan fingerprint density at radius 1 is 0.929 bits per heavy atom. The van der Waals surface area contributed by atoms with Gasteiger partial charge in [0, 0.05) is 24.9 Å². The van der Waals surface area contributed by atoms with Crippen LogP contribution in [-0.2, 0) is 23.9 Å². The van der Waals surface area contributed by atoms with E-state index in [1.807, 2.05) is 32.0 Å². The van der Waals surface area contributed by atoms with E-state index >= 15 is 0 Å². The summed E-state index contributed by atoms with van der Waals surface area (Å²) in [4.78, 5) is 46.2. The number of carbonyl (C=O) groups excluding carboxylic acids is 4. The first kappa shape index (κ1) is 23.0. The quantitative estimate of drug-likeness (QED) is 0.301. The summed E-state index contributed by atoms with van der Waals surface area (Å²) >= 11 is 4.85. The lowest BCUT2D eigenvalue weighted by molar-refractivity contribution is -0.142. The Hall–Kier alpha value is -3.01. The summed E-state index contributed by atoms with van der Waals surface area (Å²) in [6, 6.07) is 5.65. The van der Waals surface area contributed by atoms with Crippen molar-refractivity contribution >= 4 is 46.7 Å². The Morgan fingerprint density at radius 3 is 2.21 bits per heavy atom. The maximum Gasteiger partial charge on any atom is 0.306 e. The lowest BCUT2D eigenvalue weighted by atomic mass is 10.1. The summed E-state index contributed by atoms with van der Waals surface area (Å²) in [6.45, 7) is 3.85. The van der Waals surface area contributed by atoms with Crippen molar-refractivity contribution in [3.63, 3.8) is 0 Å². The molecule has 0 fully saturated rings. The normalized spacial score (nSPS) is 9.82. The lowest BCUT2D eigenvalue weighted by Crippen LogP contribution is -2.48. The van der Waals surface area contributed by atoms with Gasteiger partial charge in [-0.2, -0.15) is 0 Å². The Morgan fingerprint density at radius 2 is 1.57 bits per heavy atom. The summed E-state index contributed by atoms with van der Waals surface area (Å²) in [7, 11) is 1.23. The molecule has 9 nitrogen and oxygen atoms in total. The molecule has 0 spiro atoms. The number of hydrazine groups is 1. The molecular formula is C18H24N4O5S. The van der Waals surface area contributed by atoms with E-state index in [9.17, 15) is 19.2 Å². The van der Waals surface area contributed by atoms with Gasteiger partial charge in [0.1, 0.15) is 0 Å². The fourth-order valence-electron chi connectivity index (χ4n) is 2.12. The number of esters is 1. The van der Waals surface area contributed by atoms with Gasteiger partial charge >= 0.3 is 5.97 Å². The Balaban J connectivity index is 2.27. The Labute approximate surface area is 168 Å². The van der Waals surface area contributed by atoms with Crippen molar-refractivity contribution < 1.29 is 23.9 Å². The minimum Gasteiger partial charge on any atom is -0.469 e. The highest BCUT2D eigenvalue weighted by molar-refractivity contribution is 7.80. The molecule has 28 heavy (non-hydrogen) atoms. The van der Waals surface area contributed by atoms with Crippen LogP contribution in [0.4, 0.5) is 5.69 Å². The van der Waals surface area contributed by atoms with E-state index in [0.29, 0.717) is 5.69 Å². The largest absolute Gasteiger partial charge is 0.469 e. The summed E-state index contributed by atoms with van der Waals surface area (Å²) < 4.78 is 4.42. The molecule has 0 unspecified atom stereocenters. The van der Waals surface area contributed by atoms with Crippen molar-refractivity contribution in [2.24, 2.45) is 0 Å². The van der Waals surface area contributed by atoms with Crippen LogP contribution in [0.15, 0.2) is 18.2 Å². The molecule has 0 heterocycles. The van der Waals surface area contributed by atoms with Crippen LogP contribution in [0.2, 0.25) is 0 Å². The van der Waals surface area contributed by atoms with E-state index in [-0.39, 0.29) is 36.7 Å². The first-order valence-electron chi connectivity index (χ1n) is 8.54. The zero-order valence-corrected chi connectivity index (χ0v) is 16.8. The average molecular weight is 408 g/mol. The lowest BCUT2D eigenvalue weighted by Gasteiger charge is -2.11. The van der Waals surface area contributed by atoms with Gasteiger partial charge in [0.2, 0.25) is 17.7 Å². The molecule has 3 amide bonds. The molecule has 0 aliphatic heterocycles. The van der Waals surface area contributed by atoms with Gasteiger partial charge in [-0.1, -0.05) is 17.7 Å². The van der Waals surface area contributed by atoms with Crippen molar-refractivity contribution in [3.05, 3.63) is 29.3 Å². The predicted molar refractivity (Wildman–Crippen MR) is 107 cm³/mol. The topological polar surface area (TPSA) is 126 Å². The maximum atomic E-state index is 12.0. The van der Waals surface area contributed by atoms with Crippen molar-refractivity contribution in [1.29, 1.82) is 0 Å². The first-order chi connectivity index (χ1) is 13.2. The summed E-state index contributed by atoms with van der Waals surface area (Å²) in [6.07, 6.45) is -0.254. The number of methoxy groups -OCH3 is 1. The van der Waals surface area contributed by atoms with Crippen LogP contribution in [0.25, 0.3) is 0 Å². The molecular weight excluding hydrogens is 384 g/mol. The number of aryl methyl sites for hydroxylation is 2. The second kappa shape index (κ2) is 11.7. The van der Waals surface area contributed by atoms with E-state index in [1.165, 1.54) is 7.11 Å². The van der Waals surface area contributed by atoms with E-state index in [0.717, 1.165) is 11.1 Å². The van der Waals surface area contributed by atoms with E-state index in [4.69, 9.17) is 12.2 Å². The van der Waals surface area contributed by atoms with Crippen LogP contribution in [0, 0.1) is 13.8 Å². The van der Waals surface area contributed by atoms with Crippen molar-refractivity contribution in [1.82, 2.24) is 16.2 Å². The number of hydrogen-bond donors (Lipinski definition) is 4. The number of rotatable bonds is 7. The van der Waals surface area contributed by atoms with Gasteiger partial charge in [0.15, 0.2) is 5.11 Å². The molecule has 0 aliphatic rings. The van der Waals surface area contributed by atoms with Gasteiger partial charge in [-0.05, 0) is 37.7 Å². The van der Waals surface area contributed by atoms with Gasteiger partial charge in [-0.15, -0.1) is 0 Å². The molecule has 0 radical (unpaired) electrons. The summed E-state index contributed by atoms with van der Waals surface area (Å²) in [5.41, 5.74) is 7.37. The molecule has 10 heteroatoms. The van der Waals surface area contributed by atoms with Crippen LogP contribution in [0.5, 0.6) is 0 Å². The van der Waals surface area contributed by atoms with Gasteiger partial charge in [0.05, 0.1) is 13.5 Å². The van der Waals surface area contributed by atoms with Gasteiger partial charge in [-0.25, -0.2) is 0 Å². The third kappa shape index (κ3) is 9.08. The highest BCUT2D eigenvalue weighted by Gasteiger charge is 2.11. The second-order valence-electron chi connectivity index (χ2n) is 5.99. The van der Waals surface area contributed by atoms with Crippen LogP contribution in [0.3, 0.4) is 0 Å². The Kier molecular flexibility index (Phi) is 9.58. The molecule has 0 saturated carbocycles. The smallest absolute Gasteiger partial charge is 0.306 e. The SMILES string of the molecule is COC(=O)CCC(=O)NC(=S)NNC(=O)CCC(=O)Nc1ccc(C)cc1C. The monoisotopic (exact) mass is 408 g/mol.